The minimum atomic E-state index is -1.30. The molecule has 0 bridgehead atoms. The molecule has 19 heavy (non-hydrogen) atoms. The summed E-state index contributed by atoms with van der Waals surface area (Å²) in [6.45, 7) is 4.21. The van der Waals surface area contributed by atoms with Crippen molar-refractivity contribution < 1.29 is 18.0 Å². The number of urea groups is 1. The van der Waals surface area contributed by atoms with E-state index in [0.29, 0.717) is 18.7 Å². The Morgan fingerprint density at radius 2 is 1.79 bits per heavy atom. The average Bonchev–Trinajstić information content (AvgIpc) is 2.34. The van der Waals surface area contributed by atoms with Gasteiger partial charge in [0.05, 0.1) is 5.69 Å². The highest BCUT2D eigenvalue weighted by molar-refractivity contribution is 7.99. The molecule has 0 aromatic heterocycles. The largest absolute Gasteiger partial charge is 0.336 e. The lowest BCUT2D eigenvalue weighted by atomic mass is 10.2. The van der Waals surface area contributed by atoms with Crippen LogP contribution in [0.15, 0.2) is 12.1 Å². The Bertz CT molecular complexity index is 480. The van der Waals surface area contributed by atoms with Gasteiger partial charge in [-0.2, -0.15) is 11.8 Å². The van der Waals surface area contributed by atoms with Crippen LogP contribution in [-0.2, 0) is 0 Å². The predicted octanol–water partition coefficient (Wildman–Crippen LogP) is 3.37. The summed E-state index contributed by atoms with van der Waals surface area (Å²) in [5.41, 5.74) is -0.404. The van der Waals surface area contributed by atoms with E-state index in [2.05, 4.69) is 10.6 Å². The van der Waals surface area contributed by atoms with Crippen LogP contribution in [0.3, 0.4) is 0 Å². The highest BCUT2D eigenvalue weighted by atomic mass is 32.2. The fraction of sp³-hybridized carbons (Fsp3) is 0.417. The molecule has 0 aliphatic rings. The molecule has 0 saturated carbocycles. The number of thioether (sulfide) groups is 1. The van der Waals surface area contributed by atoms with E-state index < -0.39 is 29.2 Å². The minimum Gasteiger partial charge on any atom is -0.336 e. The summed E-state index contributed by atoms with van der Waals surface area (Å²) in [5, 5.41) is 4.66. The number of halogens is 3. The number of anilines is 1. The third-order valence-electron chi connectivity index (χ3n) is 2.49. The quantitative estimate of drug-likeness (QED) is 0.835. The Morgan fingerprint density at radius 3 is 2.37 bits per heavy atom. The molecule has 0 fully saturated rings. The zero-order chi connectivity index (χ0) is 14.6. The highest BCUT2D eigenvalue weighted by Crippen LogP contribution is 2.20. The summed E-state index contributed by atoms with van der Waals surface area (Å²) in [5.74, 6) is -3.55. The lowest BCUT2D eigenvalue weighted by Crippen LogP contribution is -2.38. The van der Waals surface area contributed by atoms with Crippen LogP contribution in [0, 0.1) is 17.5 Å². The molecule has 2 N–H and O–H groups in total. The first kappa shape index (κ1) is 15.7. The molecule has 0 spiro atoms. The summed E-state index contributed by atoms with van der Waals surface area (Å²) in [4.78, 5) is 11.5. The summed E-state index contributed by atoms with van der Waals surface area (Å²) in [7, 11) is 0. The van der Waals surface area contributed by atoms with Crippen molar-refractivity contribution in [2.24, 2.45) is 0 Å². The molecule has 1 aromatic rings. The van der Waals surface area contributed by atoms with Gasteiger partial charge in [0.15, 0.2) is 11.6 Å². The maximum atomic E-state index is 13.3. The Kier molecular flexibility index (Phi) is 5.11. The topological polar surface area (TPSA) is 41.1 Å². The number of benzene rings is 1. The van der Waals surface area contributed by atoms with Crippen LogP contribution in [-0.4, -0.2) is 23.6 Å². The Hall–Kier alpha value is -1.37. The zero-order valence-corrected chi connectivity index (χ0v) is 11.6. The molecule has 2 amide bonds. The van der Waals surface area contributed by atoms with E-state index in [-0.39, 0.29) is 4.75 Å². The fourth-order valence-corrected chi connectivity index (χ4v) is 1.37. The van der Waals surface area contributed by atoms with Crippen molar-refractivity contribution >= 4 is 23.5 Å². The van der Waals surface area contributed by atoms with Gasteiger partial charge in [-0.05, 0) is 20.1 Å². The lowest BCUT2D eigenvalue weighted by Gasteiger charge is -2.22. The Labute approximate surface area is 114 Å². The van der Waals surface area contributed by atoms with Crippen molar-refractivity contribution in [3.8, 4) is 0 Å². The number of rotatable bonds is 4. The van der Waals surface area contributed by atoms with Gasteiger partial charge in [0.2, 0.25) is 0 Å². The van der Waals surface area contributed by atoms with Gasteiger partial charge in [-0.25, -0.2) is 18.0 Å². The summed E-state index contributed by atoms with van der Waals surface area (Å²) < 4.78 is 38.7. The molecule has 0 heterocycles. The average molecular weight is 292 g/mol. The van der Waals surface area contributed by atoms with E-state index in [1.54, 1.807) is 11.8 Å². The first-order valence-corrected chi connectivity index (χ1v) is 6.72. The standard InChI is InChI=1S/C12H15F3N2OS/c1-12(2,19-3)6-16-11(18)17-10-5-8(14)7(13)4-9(10)15/h4-5H,6H2,1-3H3,(H2,16,17,18). The molecular weight excluding hydrogens is 277 g/mol. The molecule has 1 rings (SSSR count). The van der Waals surface area contributed by atoms with Gasteiger partial charge in [0.1, 0.15) is 5.82 Å². The maximum Gasteiger partial charge on any atom is 0.319 e. The number of hydrogen-bond acceptors (Lipinski definition) is 2. The number of carbonyl (C=O) groups excluding carboxylic acids is 1. The molecule has 106 valence electrons. The van der Waals surface area contributed by atoms with Crippen LogP contribution in [0.1, 0.15) is 13.8 Å². The molecule has 0 saturated heterocycles. The van der Waals surface area contributed by atoms with Gasteiger partial charge in [0, 0.05) is 23.4 Å². The normalized spacial score (nSPS) is 11.3. The van der Waals surface area contributed by atoms with E-state index >= 15 is 0 Å². The summed E-state index contributed by atoms with van der Waals surface area (Å²) >= 11 is 1.56. The third kappa shape index (κ3) is 4.66. The van der Waals surface area contributed by atoms with E-state index in [0.717, 1.165) is 0 Å². The summed E-state index contributed by atoms with van der Waals surface area (Å²) in [6, 6.07) is 0.313. The Morgan fingerprint density at radius 1 is 1.21 bits per heavy atom. The van der Waals surface area contributed by atoms with Crippen LogP contribution in [0.5, 0.6) is 0 Å². The molecule has 7 heteroatoms. The number of nitrogens with one attached hydrogen (secondary N) is 2. The molecule has 0 aliphatic heterocycles. The summed E-state index contributed by atoms with van der Waals surface area (Å²) in [6.07, 6.45) is 1.90. The molecule has 3 nitrogen and oxygen atoms in total. The van der Waals surface area contributed by atoms with Gasteiger partial charge in [-0.15, -0.1) is 0 Å². The lowest BCUT2D eigenvalue weighted by molar-refractivity contribution is 0.251. The van der Waals surface area contributed by atoms with E-state index in [4.69, 9.17) is 0 Å². The van der Waals surface area contributed by atoms with Crippen molar-refractivity contribution in [1.29, 1.82) is 0 Å². The van der Waals surface area contributed by atoms with Crippen molar-refractivity contribution in [1.82, 2.24) is 5.32 Å². The SMILES string of the molecule is CSC(C)(C)CNC(=O)Nc1cc(F)c(F)cc1F. The Balaban J connectivity index is 2.65. The van der Waals surface area contributed by atoms with Crippen molar-refractivity contribution in [3.63, 3.8) is 0 Å². The molecular formula is C12H15F3N2OS. The number of amides is 2. The van der Waals surface area contributed by atoms with Crippen molar-refractivity contribution in [3.05, 3.63) is 29.6 Å². The second kappa shape index (κ2) is 6.18. The van der Waals surface area contributed by atoms with E-state index in [1.807, 2.05) is 20.1 Å². The van der Waals surface area contributed by atoms with Gasteiger partial charge in [0.25, 0.3) is 0 Å². The molecule has 1 aromatic carbocycles. The number of hydrogen-bond donors (Lipinski definition) is 2. The van der Waals surface area contributed by atoms with E-state index in [1.165, 1.54) is 0 Å². The van der Waals surface area contributed by atoms with Gasteiger partial charge in [-0.1, -0.05) is 0 Å². The van der Waals surface area contributed by atoms with Gasteiger partial charge >= 0.3 is 6.03 Å². The van der Waals surface area contributed by atoms with Crippen LogP contribution >= 0.6 is 11.8 Å². The van der Waals surface area contributed by atoms with Crippen LogP contribution in [0.25, 0.3) is 0 Å². The molecule has 0 atom stereocenters. The zero-order valence-electron chi connectivity index (χ0n) is 10.8. The van der Waals surface area contributed by atoms with Gasteiger partial charge < -0.3 is 10.6 Å². The van der Waals surface area contributed by atoms with Crippen LogP contribution in [0.4, 0.5) is 23.7 Å². The number of carbonyl (C=O) groups is 1. The monoisotopic (exact) mass is 292 g/mol. The van der Waals surface area contributed by atoms with E-state index in [9.17, 15) is 18.0 Å². The molecule has 0 radical (unpaired) electrons. The third-order valence-corrected chi connectivity index (χ3v) is 3.73. The second-order valence-corrected chi connectivity index (χ2v) is 6.03. The smallest absolute Gasteiger partial charge is 0.319 e. The first-order chi connectivity index (χ1) is 8.75. The second-order valence-electron chi connectivity index (χ2n) is 4.52. The van der Waals surface area contributed by atoms with Crippen LogP contribution < -0.4 is 10.6 Å². The minimum absolute atomic E-state index is 0.177. The van der Waals surface area contributed by atoms with Crippen LogP contribution in [0.2, 0.25) is 0 Å². The molecule has 0 aliphatic carbocycles. The fourth-order valence-electron chi connectivity index (χ4n) is 1.15. The maximum absolute atomic E-state index is 13.3. The van der Waals surface area contributed by atoms with Gasteiger partial charge in [-0.3, -0.25) is 0 Å². The van der Waals surface area contributed by atoms with Crippen molar-refractivity contribution in [2.45, 2.75) is 18.6 Å². The predicted molar refractivity (Wildman–Crippen MR) is 70.9 cm³/mol. The molecule has 0 unspecified atom stereocenters. The van der Waals surface area contributed by atoms with Crippen molar-refractivity contribution in [2.75, 3.05) is 18.1 Å². The highest BCUT2D eigenvalue weighted by Gasteiger charge is 2.18. The first-order valence-electron chi connectivity index (χ1n) is 5.50.